The molecule has 0 radical (unpaired) electrons. The van der Waals surface area contributed by atoms with E-state index in [1.807, 2.05) is 38.1 Å². The summed E-state index contributed by atoms with van der Waals surface area (Å²) < 4.78 is 4.59. The van der Waals surface area contributed by atoms with Crippen LogP contribution in [0.3, 0.4) is 0 Å². The summed E-state index contributed by atoms with van der Waals surface area (Å²) in [5.74, 6) is -1.17. The van der Waals surface area contributed by atoms with Gasteiger partial charge in [0.05, 0.1) is 5.56 Å². The van der Waals surface area contributed by atoms with Crippen LogP contribution in [0.15, 0.2) is 18.2 Å². The zero-order chi connectivity index (χ0) is 13.0. The molecule has 17 heavy (non-hydrogen) atoms. The largest absolute Gasteiger partial charge is 0.390 e. The SMILES string of the molecule is CCc1cc(N(C)C)ccc1C(=O)OC(C)=O. The molecular formula is C13H17NO3. The van der Waals surface area contributed by atoms with Crippen molar-refractivity contribution in [1.29, 1.82) is 0 Å². The van der Waals surface area contributed by atoms with Crippen LogP contribution in [-0.2, 0) is 16.0 Å². The number of aryl methyl sites for hydroxylation is 1. The van der Waals surface area contributed by atoms with Crippen LogP contribution < -0.4 is 4.90 Å². The minimum atomic E-state index is -0.589. The van der Waals surface area contributed by atoms with E-state index >= 15 is 0 Å². The van der Waals surface area contributed by atoms with Crippen LogP contribution in [0.2, 0.25) is 0 Å². The highest BCUT2D eigenvalue weighted by atomic mass is 16.6. The van der Waals surface area contributed by atoms with Gasteiger partial charge in [-0.2, -0.15) is 0 Å². The Hall–Kier alpha value is -1.84. The van der Waals surface area contributed by atoms with E-state index in [-0.39, 0.29) is 0 Å². The standard InChI is InChI=1S/C13H17NO3/c1-5-10-8-11(14(3)4)6-7-12(10)13(16)17-9(2)15/h6-8H,5H2,1-4H3. The predicted octanol–water partition coefficient (Wildman–Crippen LogP) is 2.02. The van der Waals surface area contributed by atoms with Crippen molar-refractivity contribution < 1.29 is 14.3 Å². The topological polar surface area (TPSA) is 46.6 Å². The van der Waals surface area contributed by atoms with Gasteiger partial charge < -0.3 is 9.64 Å². The van der Waals surface area contributed by atoms with E-state index in [2.05, 4.69) is 4.74 Å². The van der Waals surface area contributed by atoms with Gasteiger partial charge in [0.15, 0.2) is 0 Å². The lowest BCUT2D eigenvalue weighted by Gasteiger charge is -2.15. The number of nitrogens with zero attached hydrogens (tertiary/aromatic N) is 1. The number of carbonyl (C=O) groups excluding carboxylic acids is 2. The number of anilines is 1. The van der Waals surface area contributed by atoms with Crippen LogP contribution >= 0.6 is 0 Å². The molecule has 4 heteroatoms. The average Bonchev–Trinajstić information content (AvgIpc) is 2.27. The van der Waals surface area contributed by atoms with Gasteiger partial charge in [-0.05, 0) is 30.2 Å². The van der Waals surface area contributed by atoms with Gasteiger partial charge in [0.2, 0.25) is 0 Å². The van der Waals surface area contributed by atoms with E-state index in [0.717, 1.165) is 11.3 Å². The first kappa shape index (κ1) is 13.2. The van der Waals surface area contributed by atoms with Crippen molar-refractivity contribution in [2.75, 3.05) is 19.0 Å². The Labute approximate surface area is 101 Å². The maximum absolute atomic E-state index is 11.7. The first-order valence-electron chi connectivity index (χ1n) is 5.48. The zero-order valence-electron chi connectivity index (χ0n) is 10.6. The lowest BCUT2D eigenvalue weighted by molar-refractivity contribution is -0.135. The van der Waals surface area contributed by atoms with Gasteiger partial charge in [-0.3, -0.25) is 4.79 Å². The molecule has 0 aromatic heterocycles. The molecule has 0 unspecified atom stereocenters. The molecule has 0 atom stereocenters. The molecule has 0 saturated heterocycles. The summed E-state index contributed by atoms with van der Waals surface area (Å²) in [5.41, 5.74) is 2.34. The van der Waals surface area contributed by atoms with E-state index < -0.39 is 11.9 Å². The Kier molecular flexibility index (Phi) is 4.26. The molecule has 0 amide bonds. The highest BCUT2D eigenvalue weighted by Crippen LogP contribution is 2.19. The summed E-state index contributed by atoms with van der Waals surface area (Å²) in [6, 6.07) is 5.45. The molecule has 0 aliphatic carbocycles. The zero-order valence-corrected chi connectivity index (χ0v) is 10.6. The lowest BCUT2D eigenvalue weighted by atomic mass is 10.0. The van der Waals surface area contributed by atoms with Gasteiger partial charge >= 0.3 is 11.9 Å². The number of benzene rings is 1. The molecule has 1 aromatic carbocycles. The molecule has 0 fully saturated rings. The van der Waals surface area contributed by atoms with Gasteiger partial charge in [0.1, 0.15) is 0 Å². The summed E-state index contributed by atoms with van der Waals surface area (Å²) in [5, 5.41) is 0. The molecule has 0 bridgehead atoms. The third-order valence-corrected chi connectivity index (χ3v) is 2.44. The normalized spacial score (nSPS) is 9.88. The molecule has 1 aromatic rings. The van der Waals surface area contributed by atoms with Crippen LogP contribution in [-0.4, -0.2) is 26.0 Å². The maximum Gasteiger partial charge on any atom is 0.346 e. The van der Waals surface area contributed by atoms with Crippen molar-refractivity contribution in [3.05, 3.63) is 29.3 Å². The predicted molar refractivity (Wildman–Crippen MR) is 66.2 cm³/mol. The molecule has 92 valence electrons. The Morgan fingerprint density at radius 3 is 2.41 bits per heavy atom. The second-order valence-corrected chi connectivity index (χ2v) is 3.97. The van der Waals surface area contributed by atoms with Gasteiger partial charge in [-0.25, -0.2) is 4.79 Å². The van der Waals surface area contributed by atoms with Crippen LogP contribution in [0.25, 0.3) is 0 Å². The van der Waals surface area contributed by atoms with Gasteiger partial charge in [-0.15, -0.1) is 0 Å². The second kappa shape index (κ2) is 5.48. The number of esters is 2. The summed E-state index contributed by atoms with van der Waals surface area (Å²) in [6.45, 7) is 3.18. The lowest BCUT2D eigenvalue weighted by Crippen LogP contribution is -2.13. The summed E-state index contributed by atoms with van der Waals surface area (Å²) >= 11 is 0. The fraction of sp³-hybridized carbons (Fsp3) is 0.385. The second-order valence-electron chi connectivity index (χ2n) is 3.97. The Balaban J connectivity index is 3.08. The molecule has 0 saturated carbocycles. The van der Waals surface area contributed by atoms with Crippen molar-refractivity contribution in [3.8, 4) is 0 Å². The fourth-order valence-corrected chi connectivity index (χ4v) is 1.54. The first-order chi connectivity index (χ1) is 7.95. The first-order valence-corrected chi connectivity index (χ1v) is 5.48. The van der Waals surface area contributed by atoms with Gasteiger partial charge in [-0.1, -0.05) is 6.92 Å². The highest BCUT2D eigenvalue weighted by Gasteiger charge is 2.14. The van der Waals surface area contributed by atoms with Crippen LogP contribution in [0.5, 0.6) is 0 Å². The average molecular weight is 235 g/mol. The molecule has 0 aliphatic rings. The van der Waals surface area contributed by atoms with E-state index in [1.54, 1.807) is 6.07 Å². The third kappa shape index (κ3) is 3.31. The van der Waals surface area contributed by atoms with E-state index in [1.165, 1.54) is 6.92 Å². The number of rotatable bonds is 3. The van der Waals surface area contributed by atoms with Gasteiger partial charge in [0, 0.05) is 26.7 Å². The van der Waals surface area contributed by atoms with Crippen LogP contribution in [0.1, 0.15) is 29.8 Å². The van der Waals surface area contributed by atoms with Crippen molar-refractivity contribution in [2.24, 2.45) is 0 Å². The van der Waals surface area contributed by atoms with Crippen LogP contribution in [0.4, 0.5) is 5.69 Å². The molecule has 0 spiro atoms. The summed E-state index contributed by atoms with van der Waals surface area (Å²) in [4.78, 5) is 24.4. The van der Waals surface area contributed by atoms with E-state index in [9.17, 15) is 9.59 Å². The van der Waals surface area contributed by atoms with Gasteiger partial charge in [0.25, 0.3) is 0 Å². The number of ether oxygens (including phenoxy) is 1. The molecule has 4 nitrogen and oxygen atoms in total. The summed E-state index contributed by atoms with van der Waals surface area (Å²) in [7, 11) is 3.87. The molecule has 0 heterocycles. The highest BCUT2D eigenvalue weighted by molar-refractivity contribution is 5.97. The molecule has 1 rings (SSSR count). The third-order valence-electron chi connectivity index (χ3n) is 2.44. The van der Waals surface area contributed by atoms with Crippen LogP contribution in [0, 0.1) is 0 Å². The summed E-state index contributed by atoms with van der Waals surface area (Å²) in [6.07, 6.45) is 0.712. The molecule has 0 N–H and O–H groups in total. The number of hydrogen-bond donors (Lipinski definition) is 0. The minimum absolute atomic E-state index is 0.452. The van der Waals surface area contributed by atoms with E-state index in [0.29, 0.717) is 12.0 Å². The number of hydrogen-bond acceptors (Lipinski definition) is 4. The van der Waals surface area contributed by atoms with Crippen molar-refractivity contribution in [3.63, 3.8) is 0 Å². The smallest absolute Gasteiger partial charge is 0.346 e. The maximum atomic E-state index is 11.7. The quantitative estimate of drug-likeness (QED) is 0.594. The Morgan fingerprint density at radius 2 is 1.94 bits per heavy atom. The molecular weight excluding hydrogens is 218 g/mol. The Bertz CT molecular complexity index is 438. The monoisotopic (exact) mass is 235 g/mol. The van der Waals surface area contributed by atoms with E-state index in [4.69, 9.17) is 0 Å². The van der Waals surface area contributed by atoms with Crippen molar-refractivity contribution >= 4 is 17.6 Å². The van der Waals surface area contributed by atoms with Crippen molar-refractivity contribution in [2.45, 2.75) is 20.3 Å². The minimum Gasteiger partial charge on any atom is -0.390 e. The van der Waals surface area contributed by atoms with Crippen molar-refractivity contribution in [1.82, 2.24) is 0 Å². The fourth-order valence-electron chi connectivity index (χ4n) is 1.54. The Morgan fingerprint density at radius 1 is 1.29 bits per heavy atom. The number of carbonyl (C=O) groups is 2. The molecule has 0 aliphatic heterocycles.